The second-order valence-corrected chi connectivity index (χ2v) is 18.1. The van der Waals surface area contributed by atoms with Crippen LogP contribution in [0, 0.1) is 17.8 Å². The third-order valence-corrected chi connectivity index (χ3v) is 12.7. The van der Waals surface area contributed by atoms with E-state index in [2.05, 4.69) is 21.2 Å². The highest BCUT2D eigenvalue weighted by atomic mass is 16.8. The first-order valence-corrected chi connectivity index (χ1v) is 21.6. The number of hydrogen-bond acceptors (Lipinski definition) is 17. The lowest BCUT2D eigenvalue weighted by molar-refractivity contribution is -0.299. The lowest BCUT2D eigenvalue weighted by Gasteiger charge is -2.47. The number of para-hydroxylation sites is 1. The van der Waals surface area contributed by atoms with Crippen LogP contribution in [0.5, 0.6) is 5.75 Å². The Labute approximate surface area is 369 Å². The molecule has 63 heavy (non-hydrogen) atoms. The zero-order chi connectivity index (χ0) is 46.6. The minimum absolute atomic E-state index is 0.138. The van der Waals surface area contributed by atoms with Gasteiger partial charge in [0.25, 0.3) is 5.91 Å². The zero-order valence-electron chi connectivity index (χ0n) is 38.5. The molecule has 4 N–H and O–H groups in total. The fraction of sp³-hybridized carbons (Fsp3) is 0.721. The second kappa shape index (κ2) is 20.5. The van der Waals surface area contributed by atoms with E-state index < -0.39 is 90.0 Å². The van der Waals surface area contributed by atoms with Gasteiger partial charge in [0, 0.05) is 30.1 Å². The van der Waals surface area contributed by atoms with E-state index in [4.69, 9.17) is 33.2 Å². The van der Waals surface area contributed by atoms with Crippen molar-refractivity contribution >= 4 is 24.1 Å². The summed E-state index contributed by atoms with van der Waals surface area (Å²) in [5.74, 6) is -3.37. The van der Waals surface area contributed by atoms with Gasteiger partial charge in [-0.2, -0.15) is 0 Å². The van der Waals surface area contributed by atoms with Gasteiger partial charge in [-0.15, -0.1) is 5.10 Å². The molecule has 14 atom stereocenters. The number of likely N-dealkylation sites (N-methyl/N-ethyl adjacent to an activating group) is 2. The highest BCUT2D eigenvalue weighted by Gasteiger charge is 2.58. The highest BCUT2D eigenvalue weighted by molar-refractivity contribution is 5.79. The first-order chi connectivity index (χ1) is 29.6. The normalized spacial score (nSPS) is 35.9. The third-order valence-electron chi connectivity index (χ3n) is 12.7. The largest absolute Gasteiger partial charge is 0.509 e. The van der Waals surface area contributed by atoms with E-state index in [1.54, 1.807) is 46.0 Å². The van der Waals surface area contributed by atoms with Crippen molar-refractivity contribution in [3.8, 4) is 17.0 Å². The van der Waals surface area contributed by atoms with Crippen molar-refractivity contribution in [1.29, 1.82) is 0 Å². The highest BCUT2D eigenvalue weighted by Crippen LogP contribution is 2.40. The topological polar surface area (TPSA) is 235 Å². The summed E-state index contributed by atoms with van der Waals surface area (Å²) in [6.45, 7) is 14.0. The number of benzene rings is 1. The number of esters is 1. The molecule has 20 heteroatoms. The van der Waals surface area contributed by atoms with Gasteiger partial charge in [-0.05, 0) is 93.1 Å². The number of rotatable bonds is 9. The number of aliphatic hydroxyl groups excluding tert-OH is 1. The number of cyclic esters (lactones) is 1. The van der Waals surface area contributed by atoms with Crippen molar-refractivity contribution in [3.05, 3.63) is 30.5 Å². The van der Waals surface area contributed by atoms with Gasteiger partial charge in [0.15, 0.2) is 18.0 Å². The van der Waals surface area contributed by atoms with Crippen LogP contribution in [-0.2, 0) is 44.6 Å². The summed E-state index contributed by atoms with van der Waals surface area (Å²) in [6, 6.07) is 6.43. The number of ether oxygens (including phenoxy) is 7. The maximum Gasteiger partial charge on any atom is 0.509 e. The molecule has 20 nitrogen and oxygen atoms in total. The lowest BCUT2D eigenvalue weighted by atomic mass is 9.77. The van der Waals surface area contributed by atoms with E-state index in [-0.39, 0.29) is 37.5 Å². The summed E-state index contributed by atoms with van der Waals surface area (Å²) < 4.78 is 43.1. The van der Waals surface area contributed by atoms with Gasteiger partial charge >= 0.3 is 18.2 Å². The summed E-state index contributed by atoms with van der Waals surface area (Å²) in [7, 11) is 7.08. The number of aromatic nitrogens is 3. The molecular formula is C43H67N7O13. The number of carbonyl (C=O) groups excluding carboxylic acids is 4. The van der Waals surface area contributed by atoms with E-state index in [1.165, 1.54) is 18.7 Å². The van der Waals surface area contributed by atoms with E-state index in [9.17, 15) is 29.4 Å². The molecule has 0 bridgehead atoms. The molecule has 5 rings (SSSR count). The number of amides is 2. The molecule has 352 valence electrons. The smallest absolute Gasteiger partial charge is 0.496 e. The molecule has 0 radical (unpaired) electrons. The molecule has 0 spiro atoms. The van der Waals surface area contributed by atoms with Crippen LogP contribution in [0.1, 0.15) is 74.7 Å². The second-order valence-electron chi connectivity index (χ2n) is 18.1. The van der Waals surface area contributed by atoms with Crippen LogP contribution < -0.4 is 15.6 Å². The van der Waals surface area contributed by atoms with Crippen LogP contribution in [0.3, 0.4) is 0 Å². The van der Waals surface area contributed by atoms with Gasteiger partial charge in [0.2, 0.25) is 0 Å². The molecule has 3 saturated heterocycles. The summed E-state index contributed by atoms with van der Waals surface area (Å²) in [6.07, 6.45) is -6.73. The number of nitrogens with one attached hydrogen (secondary N) is 2. The Bertz CT molecular complexity index is 1900. The van der Waals surface area contributed by atoms with Crippen molar-refractivity contribution in [2.75, 3.05) is 34.8 Å². The Morgan fingerprint density at radius 3 is 2.43 bits per heavy atom. The molecule has 2 amide bonds. The molecule has 0 aliphatic carbocycles. The maximum atomic E-state index is 14.4. The Kier molecular flexibility index (Phi) is 16.1. The first-order valence-electron chi connectivity index (χ1n) is 21.6. The van der Waals surface area contributed by atoms with Crippen LogP contribution in [0.2, 0.25) is 0 Å². The molecular weight excluding hydrogens is 823 g/mol. The van der Waals surface area contributed by atoms with Gasteiger partial charge in [-0.3, -0.25) is 19.9 Å². The van der Waals surface area contributed by atoms with Crippen LogP contribution >= 0.6 is 0 Å². The molecule has 0 unspecified atom stereocenters. The molecule has 3 fully saturated rings. The minimum Gasteiger partial charge on any atom is -0.496 e. The summed E-state index contributed by atoms with van der Waals surface area (Å²) in [4.78, 5) is 57.7. The number of aliphatic hydroxyl groups is 2. The molecule has 0 saturated carbocycles. The monoisotopic (exact) mass is 889 g/mol. The van der Waals surface area contributed by atoms with Crippen LogP contribution in [0.4, 0.5) is 9.59 Å². The number of hydrogen-bond donors (Lipinski definition) is 4. The van der Waals surface area contributed by atoms with Gasteiger partial charge in [-0.25, -0.2) is 19.7 Å². The quantitative estimate of drug-likeness (QED) is 0.161. The maximum absolute atomic E-state index is 14.4. The SMILES string of the molecule is CC[C@H]1OC(=O)[C@H](C)[C@@H](OC(=O)NNC(=O)Cn2cc(-c3ccccc3OC)nn2)[C@H](C)[C@@H](O[C@@H]2O[C@H](C)C[C@H](N(C)C)[C@H]2O)[C@](C)(O)C[C@@H](C)CN(C)[C@H](C)[C@H]2OC(=O)O[C@@]21C. The first kappa shape index (κ1) is 49.4. The molecule has 1 aromatic heterocycles. The Morgan fingerprint density at radius 2 is 1.76 bits per heavy atom. The fourth-order valence-corrected chi connectivity index (χ4v) is 9.36. The van der Waals surface area contributed by atoms with Gasteiger partial charge in [0.05, 0.1) is 37.0 Å². The van der Waals surface area contributed by atoms with Crippen molar-refractivity contribution < 1.29 is 62.5 Å². The van der Waals surface area contributed by atoms with Gasteiger partial charge < -0.3 is 48.3 Å². The average molecular weight is 890 g/mol. The lowest BCUT2D eigenvalue weighted by Crippen LogP contribution is -2.59. The average Bonchev–Trinajstić information content (AvgIpc) is 3.82. The van der Waals surface area contributed by atoms with E-state index in [0.717, 1.165) is 0 Å². The standard InChI is InChI=1S/C43H67N7O13/c1-13-32-43(8)37(62-41(55)63-43)27(6)49(11)20-23(2)19-42(7,56)36(61-39-34(52)30(48(9)10)18-24(3)58-39)25(4)35(26(5)38(53)59-32)60-40(54)46-45-33(51)22-50-21-29(44-47-50)28-16-14-15-17-31(28)57-12/h14-17,21,23-27,30,32,34-37,39,52,56H,13,18-20,22H2,1-12H3,(H,45,51)(H,46,54)/t23-,24-,25+,26-,27-,30+,32-,34-,35+,36-,37-,39+,42-,43-/m1/s1. The number of fused-ring (bicyclic) bond motifs is 1. The Hall–Kier alpha value is -4.60. The van der Waals surface area contributed by atoms with Crippen LogP contribution in [-0.4, -0.2) is 160 Å². The molecule has 3 aliphatic rings. The van der Waals surface area contributed by atoms with Crippen LogP contribution in [0.15, 0.2) is 30.5 Å². The van der Waals surface area contributed by atoms with Gasteiger partial charge in [0.1, 0.15) is 36.3 Å². The number of hydrazine groups is 1. The fourth-order valence-electron chi connectivity index (χ4n) is 9.36. The summed E-state index contributed by atoms with van der Waals surface area (Å²) in [5.41, 5.74) is 2.60. The van der Waals surface area contributed by atoms with E-state index >= 15 is 0 Å². The predicted octanol–water partition coefficient (Wildman–Crippen LogP) is 2.89. The van der Waals surface area contributed by atoms with Crippen LogP contribution in [0.25, 0.3) is 11.3 Å². The van der Waals surface area contributed by atoms with Crippen molar-refractivity contribution in [2.24, 2.45) is 17.8 Å². The summed E-state index contributed by atoms with van der Waals surface area (Å²) in [5, 5.41) is 32.3. The third kappa shape index (κ3) is 11.4. The van der Waals surface area contributed by atoms with Crippen molar-refractivity contribution in [3.63, 3.8) is 0 Å². The zero-order valence-corrected chi connectivity index (χ0v) is 38.5. The molecule has 3 aliphatic heterocycles. The minimum atomic E-state index is -1.69. The number of methoxy groups -OCH3 is 1. The van der Waals surface area contributed by atoms with Crippen molar-refractivity contribution in [2.45, 2.75) is 147 Å². The Morgan fingerprint density at radius 1 is 1.06 bits per heavy atom. The number of carbonyl (C=O) groups is 4. The van der Waals surface area contributed by atoms with E-state index in [0.29, 0.717) is 30.0 Å². The predicted molar refractivity (Wildman–Crippen MR) is 226 cm³/mol. The number of nitrogens with zero attached hydrogens (tertiary/aromatic N) is 5. The van der Waals surface area contributed by atoms with Gasteiger partial charge in [-0.1, -0.05) is 38.1 Å². The van der Waals surface area contributed by atoms with Crippen molar-refractivity contribution in [1.82, 2.24) is 35.6 Å². The summed E-state index contributed by atoms with van der Waals surface area (Å²) >= 11 is 0. The Balaban J connectivity index is 1.45. The molecule has 1 aromatic carbocycles. The molecule has 4 heterocycles. The van der Waals surface area contributed by atoms with E-state index in [1.807, 2.05) is 63.8 Å². The molecule has 2 aromatic rings.